The van der Waals surface area contributed by atoms with E-state index in [4.69, 9.17) is 0 Å². The van der Waals surface area contributed by atoms with Crippen LogP contribution in [-0.4, -0.2) is 38.9 Å². The molecule has 20 heavy (non-hydrogen) atoms. The van der Waals surface area contributed by atoms with Crippen molar-refractivity contribution in [2.45, 2.75) is 30.7 Å². The number of likely N-dealkylation sites (N-methyl/N-ethyl adjacent to an activating group) is 1. The molecule has 1 saturated heterocycles. The van der Waals surface area contributed by atoms with Gasteiger partial charge in [-0.1, -0.05) is 22.0 Å². The van der Waals surface area contributed by atoms with Crippen molar-refractivity contribution >= 4 is 38.4 Å². The highest BCUT2D eigenvalue weighted by Crippen LogP contribution is 2.30. The highest BCUT2D eigenvalue weighted by Gasteiger charge is 2.35. The minimum Gasteiger partial charge on any atom is -0.318 e. The maximum atomic E-state index is 12.8. The van der Waals surface area contributed by atoms with Crippen molar-refractivity contribution < 1.29 is 8.42 Å². The molecule has 0 amide bonds. The molecular weight excluding hydrogens is 364 g/mol. The predicted molar refractivity (Wildman–Crippen MR) is 87.0 cm³/mol. The monoisotopic (exact) mass is 382 g/mol. The van der Waals surface area contributed by atoms with E-state index >= 15 is 0 Å². The number of rotatable bonds is 4. The number of benzene rings is 1. The van der Waals surface area contributed by atoms with E-state index in [9.17, 15) is 8.42 Å². The summed E-state index contributed by atoms with van der Waals surface area (Å²) in [6, 6.07) is 5.38. The Labute approximate surface area is 135 Å². The number of nitrogens with zero attached hydrogens (tertiary/aromatic N) is 1. The molecule has 1 N–H and O–H groups in total. The lowest BCUT2D eigenvalue weighted by Crippen LogP contribution is -2.41. The van der Waals surface area contributed by atoms with Crippen LogP contribution >= 0.6 is 28.3 Å². The van der Waals surface area contributed by atoms with Crippen LogP contribution in [0, 0.1) is 6.92 Å². The normalized spacial score (nSPS) is 19.9. The van der Waals surface area contributed by atoms with Crippen LogP contribution < -0.4 is 5.32 Å². The Hall–Kier alpha value is -0.140. The van der Waals surface area contributed by atoms with Gasteiger partial charge in [0.1, 0.15) is 0 Å². The first-order valence-corrected chi connectivity index (χ1v) is 8.63. The zero-order valence-corrected chi connectivity index (χ0v) is 14.8. The van der Waals surface area contributed by atoms with E-state index in [1.165, 1.54) is 0 Å². The third-order valence-electron chi connectivity index (χ3n) is 3.57. The third-order valence-corrected chi connectivity index (χ3v) is 6.52. The highest BCUT2D eigenvalue weighted by molar-refractivity contribution is 9.10. The van der Waals surface area contributed by atoms with Gasteiger partial charge < -0.3 is 5.32 Å². The van der Waals surface area contributed by atoms with Crippen LogP contribution in [0.2, 0.25) is 0 Å². The predicted octanol–water partition coefficient (Wildman–Crippen LogP) is 2.55. The molecule has 0 aliphatic carbocycles. The van der Waals surface area contributed by atoms with Gasteiger partial charge in [0.05, 0.1) is 4.90 Å². The Morgan fingerprint density at radius 1 is 1.45 bits per heavy atom. The average Bonchev–Trinajstić information content (AvgIpc) is 2.82. The largest absolute Gasteiger partial charge is 0.318 e. The number of sulfonamides is 1. The van der Waals surface area contributed by atoms with E-state index in [1.807, 2.05) is 20.0 Å². The summed E-state index contributed by atoms with van der Waals surface area (Å²) in [5.41, 5.74) is 0.776. The molecule has 1 aliphatic heterocycles. The lowest BCUT2D eigenvalue weighted by atomic mass is 10.2. The van der Waals surface area contributed by atoms with Crippen LogP contribution in [0.3, 0.4) is 0 Å². The molecule has 1 atom stereocenters. The Balaban J connectivity index is 0.00000200. The second-order valence-electron chi connectivity index (χ2n) is 4.83. The second-order valence-corrected chi connectivity index (χ2v) is 7.55. The van der Waals surface area contributed by atoms with Crippen LogP contribution in [0.4, 0.5) is 0 Å². The summed E-state index contributed by atoms with van der Waals surface area (Å²) in [5.74, 6) is 0. The molecule has 1 aromatic rings. The minimum absolute atomic E-state index is 0. The standard InChI is InChI=1S/C13H19BrN2O2S.ClH/c1-10-12(14)6-3-7-13(10)19(17,18)16-8-4-5-11(16)9-15-2;/h3,6-7,11,15H,4-5,8-9H2,1-2H3;1H. The van der Waals surface area contributed by atoms with Crippen LogP contribution in [0.5, 0.6) is 0 Å². The van der Waals surface area contributed by atoms with Crippen molar-refractivity contribution in [1.82, 2.24) is 9.62 Å². The molecule has 0 aromatic heterocycles. The lowest BCUT2D eigenvalue weighted by Gasteiger charge is -2.24. The van der Waals surface area contributed by atoms with E-state index in [-0.39, 0.29) is 18.4 Å². The summed E-state index contributed by atoms with van der Waals surface area (Å²) in [6.07, 6.45) is 1.85. The van der Waals surface area contributed by atoms with Gasteiger partial charge in [-0.3, -0.25) is 0 Å². The number of hydrogen-bond acceptors (Lipinski definition) is 3. The second kappa shape index (κ2) is 7.22. The molecule has 1 fully saturated rings. The van der Waals surface area contributed by atoms with Crippen LogP contribution in [-0.2, 0) is 10.0 Å². The topological polar surface area (TPSA) is 49.4 Å². The van der Waals surface area contributed by atoms with Gasteiger partial charge in [-0.25, -0.2) is 8.42 Å². The van der Waals surface area contributed by atoms with E-state index in [0.717, 1.165) is 22.9 Å². The average molecular weight is 384 g/mol. The Bertz CT molecular complexity index is 565. The Kier molecular flexibility index (Phi) is 6.47. The first-order chi connectivity index (χ1) is 8.98. The Morgan fingerprint density at radius 2 is 2.15 bits per heavy atom. The van der Waals surface area contributed by atoms with E-state index < -0.39 is 10.0 Å². The molecule has 1 heterocycles. The van der Waals surface area contributed by atoms with Crippen molar-refractivity contribution in [2.24, 2.45) is 0 Å². The van der Waals surface area contributed by atoms with Gasteiger partial charge in [0.25, 0.3) is 0 Å². The number of nitrogens with one attached hydrogen (secondary N) is 1. The van der Waals surface area contributed by atoms with Crippen molar-refractivity contribution in [1.29, 1.82) is 0 Å². The molecular formula is C13H20BrClN2O2S. The van der Waals surface area contributed by atoms with Crippen molar-refractivity contribution in [3.05, 3.63) is 28.2 Å². The fourth-order valence-corrected chi connectivity index (χ4v) is 5.00. The van der Waals surface area contributed by atoms with Gasteiger partial charge in [0.15, 0.2) is 0 Å². The molecule has 1 aliphatic rings. The third kappa shape index (κ3) is 3.36. The SMILES string of the molecule is CNCC1CCCN1S(=O)(=O)c1cccc(Br)c1C.Cl. The summed E-state index contributed by atoms with van der Waals surface area (Å²) in [7, 11) is -1.55. The van der Waals surface area contributed by atoms with Gasteiger partial charge >= 0.3 is 0 Å². The molecule has 114 valence electrons. The minimum atomic E-state index is -3.40. The zero-order chi connectivity index (χ0) is 14.0. The summed E-state index contributed by atoms with van der Waals surface area (Å²) < 4.78 is 28.0. The molecule has 1 aromatic carbocycles. The van der Waals surface area contributed by atoms with Gasteiger partial charge in [-0.15, -0.1) is 12.4 Å². The summed E-state index contributed by atoms with van der Waals surface area (Å²) in [6.45, 7) is 3.15. The van der Waals surface area contributed by atoms with Crippen LogP contribution in [0.25, 0.3) is 0 Å². The zero-order valence-electron chi connectivity index (χ0n) is 11.6. The maximum Gasteiger partial charge on any atom is 0.243 e. The smallest absolute Gasteiger partial charge is 0.243 e. The summed E-state index contributed by atoms with van der Waals surface area (Å²) in [4.78, 5) is 0.407. The first-order valence-electron chi connectivity index (χ1n) is 6.40. The fourth-order valence-electron chi connectivity index (χ4n) is 2.56. The molecule has 0 saturated carbocycles. The lowest BCUT2D eigenvalue weighted by molar-refractivity contribution is 0.379. The van der Waals surface area contributed by atoms with Crippen molar-refractivity contribution in [3.63, 3.8) is 0 Å². The maximum absolute atomic E-state index is 12.8. The number of halogens is 2. The fraction of sp³-hybridized carbons (Fsp3) is 0.538. The van der Waals surface area contributed by atoms with Crippen molar-refractivity contribution in [2.75, 3.05) is 20.1 Å². The molecule has 2 rings (SSSR count). The van der Waals surface area contributed by atoms with Gasteiger partial charge in [0.2, 0.25) is 10.0 Å². The number of hydrogen-bond donors (Lipinski definition) is 1. The Morgan fingerprint density at radius 3 is 2.80 bits per heavy atom. The van der Waals surface area contributed by atoms with Gasteiger partial charge in [0, 0.05) is 23.6 Å². The summed E-state index contributed by atoms with van der Waals surface area (Å²) in [5, 5.41) is 3.07. The van der Waals surface area contributed by atoms with E-state index in [0.29, 0.717) is 18.0 Å². The molecule has 0 spiro atoms. The molecule has 1 unspecified atom stereocenters. The van der Waals surface area contributed by atoms with Crippen LogP contribution in [0.15, 0.2) is 27.6 Å². The first kappa shape index (κ1) is 17.9. The van der Waals surface area contributed by atoms with Crippen molar-refractivity contribution in [3.8, 4) is 0 Å². The molecule has 0 radical (unpaired) electrons. The van der Waals surface area contributed by atoms with E-state index in [1.54, 1.807) is 16.4 Å². The molecule has 7 heteroatoms. The quantitative estimate of drug-likeness (QED) is 0.869. The van der Waals surface area contributed by atoms with Gasteiger partial charge in [-0.05, 0) is 44.5 Å². The summed E-state index contributed by atoms with van der Waals surface area (Å²) >= 11 is 3.40. The molecule has 0 bridgehead atoms. The van der Waals surface area contributed by atoms with Gasteiger partial charge in [-0.2, -0.15) is 4.31 Å². The van der Waals surface area contributed by atoms with E-state index in [2.05, 4.69) is 21.2 Å². The van der Waals surface area contributed by atoms with Crippen LogP contribution in [0.1, 0.15) is 18.4 Å². The highest BCUT2D eigenvalue weighted by atomic mass is 79.9. The molecule has 4 nitrogen and oxygen atoms in total.